The fourth-order valence-electron chi connectivity index (χ4n) is 2.28. The van der Waals surface area contributed by atoms with Crippen molar-refractivity contribution in [2.24, 2.45) is 0 Å². The number of nitrogens with zero attached hydrogens (tertiary/aromatic N) is 1. The lowest BCUT2D eigenvalue weighted by Crippen LogP contribution is -2.36. The van der Waals surface area contributed by atoms with Gasteiger partial charge in [0.15, 0.2) is 5.09 Å². The lowest BCUT2D eigenvalue weighted by atomic mass is 10.2. The van der Waals surface area contributed by atoms with E-state index in [1.807, 2.05) is 50.2 Å². The van der Waals surface area contributed by atoms with Crippen LogP contribution in [0.1, 0.15) is 26.0 Å². The molecule has 1 aromatic carbocycles. The Hall–Kier alpha value is -1.44. The number of carbonyl (C=O) groups excluding carboxylic acids is 2. The van der Waals surface area contributed by atoms with Crippen LogP contribution in [0.5, 0.6) is 0 Å². The second-order valence-electron chi connectivity index (χ2n) is 5.51. The fraction of sp³-hybridized carbons (Fsp3) is 0.222. The quantitative estimate of drug-likeness (QED) is 0.534. The van der Waals surface area contributed by atoms with E-state index in [2.05, 4.69) is 15.9 Å². The molecule has 4 nitrogen and oxygen atoms in total. The standard InChI is InChI=1S/C18H16BrNO3S2/c1-3-11(2)20-16(21)15(25-18(20)22)10-12-9-14(19)17(23-12)24-13-7-5-4-6-8-13/h4-11H,3H2,1-2H3/b15-10+/t11-/m0/s1. The summed E-state index contributed by atoms with van der Waals surface area (Å²) >= 11 is 5.93. The molecule has 2 amide bonds. The summed E-state index contributed by atoms with van der Waals surface area (Å²) < 4.78 is 6.64. The van der Waals surface area contributed by atoms with Crippen molar-refractivity contribution in [2.75, 3.05) is 0 Å². The molecule has 1 aliphatic heterocycles. The third-order valence-corrected chi connectivity index (χ3v) is 6.49. The van der Waals surface area contributed by atoms with Crippen molar-refractivity contribution in [3.63, 3.8) is 0 Å². The van der Waals surface area contributed by atoms with Crippen LogP contribution in [0, 0.1) is 0 Å². The maximum atomic E-state index is 12.5. The number of halogens is 1. The number of hydrogen-bond donors (Lipinski definition) is 0. The fourth-order valence-corrected chi connectivity index (χ4v) is 4.54. The summed E-state index contributed by atoms with van der Waals surface area (Å²) in [6, 6.07) is 11.6. The number of hydrogen-bond acceptors (Lipinski definition) is 5. The van der Waals surface area contributed by atoms with Crippen LogP contribution in [0.25, 0.3) is 6.08 Å². The van der Waals surface area contributed by atoms with Gasteiger partial charge in [0.25, 0.3) is 11.1 Å². The van der Waals surface area contributed by atoms with Gasteiger partial charge in [0.05, 0.1) is 9.38 Å². The first-order chi connectivity index (χ1) is 12.0. The molecule has 0 spiro atoms. The highest BCUT2D eigenvalue weighted by Crippen LogP contribution is 2.38. The summed E-state index contributed by atoms with van der Waals surface area (Å²) in [6.45, 7) is 3.83. The molecule has 0 bridgehead atoms. The number of imide groups is 1. The first-order valence-corrected chi connectivity index (χ1v) is 10.2. The Morgan fingerprint density at radius 2 is 2.04 bits per heavy atom. The van der Waals surface area contributed by atoms with Crippen molar-refractivity contribution in [3.05, 3.63) is 51.5 Å². The molecule has 130 valence electrons. The van der Waals surface area contributed by atoms with E-state index in [9.17, 15) is 9.59 Å². The van der Waals surface area contributed by atoms with Gasteiger partial charge in [-0.1, -0.05) is 36.9 Å². The molecular weight excluding hydrogens is 422 g/mol. The average molecular weight is 438 g/mol. The van der Waals surface area contributed by atoms with E-state index in [-0.39, 0.29) is 17.2 Å². The normalized spacial score (nSPS) is 17.6. The molecule has 1 fully saturated rings. The number of benzene rings is 1. The summed E-state index contributed by atoms with van der Waals surface area (Å²) in [4.78, 5) is 27.3. The Kier molecular flexibility index (Phi) is 5.76. The topological polar surface area (TPSA) is 50.5 Å². The van der Waals surface area contributed by atoms with Gasteiger partial charge in [-0.3, -0.25) is 14.5 Å². The highest BCUT2D eigenvalue weighted by Gasteiger charge is 2.37. The molecule has 0 radical (unpaired) electrons. The van der Waals surface area contributed by atoms with Crippen molar-refractivity contribution >= 4 is 56.7 Å². The summed E-state index contributed by atoms with van der Waals surface area (Å²) in [5, 5.41) is 0.480. The predicted octanol–water partition coefficient (Wildman–Crippen LogP) is 6.03. The molecule has 7 heteroatoms. The average Bonchev–Trinajstić information content (AvgIpc) is 3.07. The summed E-state index contributed by atoms with van der Waals surface area (Å²) in [5.74, 6) is 0.286. The number of carbonyl (C=O) groups is 2. The zero-order valence-corrected chi connectivity index (χ0v) is 16.9. The Morgan fingerprint density at radius 3 is 2.72 bits per heavy atom. The van der Waals surface area contributed by atoms with E-state index in [0.29, 0.717) is 15.8 Å². The predicted molar refractivity (Wildman–Crippen MR) is 105 cm³/mol. The van der Waals surface area contributed by atoms with E-state index in [4.69, 9.17) is 4.42 Å². The van der Waals surface area contributed by atoms with Crippen molar-refractivity contribution < 1.29 is 14.0 Å². The number of amides is 2. The third-order valence-electron chi connectivity index (χ3n) is 3.76. The first-order valence-electron chi connectivity index (χ1n) is 7.79. The Balaban J connectivity index is 1.82. The first kappa shape index (κ1) is 18.4. The lowest BCUT2D eigenvalue weighted by molar-refractivity contribution is -0.124. The minimum absolute atomic E-state index is 0.106. The molecule has 0 unspecified atom stereocenters. The molecule has 2 aromatic rings. The molecule has 0 aliphatic carbocycles. The van der Waals surface area contributed by atoms with Gasteiger partial charge >= 0.3 is 0 Å². The summed E-state index contributed by atoms with van der Waals surface area (Å²) in [6.07, 6.45) is 2.36. The summed E-state index contributed by atoms with van der Waals surface area (Å²) in [7, 11) is 0. The van der Waals surface area contributed by atoms with Gasteiger partial charge in [-0.15, -0.1) is 0 Å². The van der Waals surface area contributed by atoms with Gasteiger partial charge in [0.1, 0.15) is 5.76 Å². The van der Waals surface area contributed by atoms with Crippen LogP contribution in [-0.2, 0) is 4.79 Å². The smallest absolute Gasteiger partial charge is 0.293 e. The van der Waals surface area contributed by atoms with Gasteiger partial charge in [0, 0.05) is 17.0 Å². The van der Waals surface area contributed by atoms with Crippen LogP contribution in [-0.4, -0.2) is 22.1 Å². The monoisotopic (exact) mass is 437 g/mol. The minimum atomic E-state index is -0.255. The van der Waals surface area contributed by atoms with Gasteiger partial charge in [-0.2, -0.15) is 0 Å². The van der Waals surface area contributed by atoms with Crippen LogP contribution in [0.2, 0.25) is 0 Å². The zero-order chi connectivity index (χ0) is 18.0. The highest BCUT2D eigenvalue weighted by molar-refractivity contribution is 9.10. The Bertz CT molecular complexity index is 832. The molecule has 1 saturated heterocycles. The molecule has 0 saturated carbocycles. The van der Waals surface area contributed by atoms with Crippen molar-refractivity contribution in [2.45, 2.75) is 36.3 Å². The van der Waals surface area contributed by atoms with Crippen LogP contribution >= 0.6 is 39.5 Å². The van der Waals surface area contributed by atoms with Gasteiger partial charge in [0.2, 0.25) is 0 Å². The highest BCUT2D eigenvalue weighted by atomic mass is 79.9. The summed E-state index contributed by atoms with van der Waals surface area (Å²) in [5.41, 5.74) is 0. The third kappa shape index (κ3) is 4.04. The SMILES string of the molecule is CC[C@H](C)N1C(=O)S/C(=C/c2cc(Br)c(Sc3ccccc3)o2)C1=O. The van der Waals surface area contributed by atoms with Gasteiger partial charge in [-0.05, 0) is 59.2 Å². The molecule has 0 N–H and O–H groups in total. The van der Waals surface area contributed by atoms with Gasteiger partial charge < -0.3 is 4.42 Å². The van der Waals surface area contributed by atoms with E-state index >= 15 is 0 Å². The van der Waals surface area contributed by atoms with Crippen LogP contribution in [0.4, 0.5) is 4.79 Å². The molecule has 1 aliphatic rings. The van der Waals surface area contributed by atoms with E-state index in [1.54, 1.807) is 6.08 Å². The Morgan fingerprint density at radius 1 is 1.32 bits per heavy atom. The maximum absolute atomic E-state index is 12.5. The second-order valence-corrected chi connectivity index (χ2v) is 8.40. The molecule has 1 atom stereocenters. The Labute approximate surface area is 163 Å². The molecule has 2 heterocycles. The molecule has 25 heavy (non-hydrogen) atoms. The molecule has 1 aromatic heterocycles. The van der Waals surface area contributed by atoms with Crippen molar-refractivity contribution in [1.29, 1.82) is 0 Å². The number of thioether (sulfide) groups is 1. The van der Waals surface area contributed by atoms with Crippen LogP contribution in [0.15, 0.2) is 60.2 Å². The van der Waals surface area contributed by atoms with E-state index < -0.39 is 0 Å². The second kappa shape index (κ2) is 7.85. The lowest BCUT2D eigenvalue weighted by Gasteiger charge is -2.19. The van der Waals surface area contributed by atoms with Crippen molar-refractivity contribution in [3.8, 4) is 0 Å². The van der Waals surface area contributed by atoms with Crippen molar-refractivity contribution in [1.82, 2.24) is 4.90 Å². The number of rotatable bonds is 5. The van der Waals surface area contributed by atoms with Gasteiger partial charge in [-0.25, -0.2) is 0 Å². The minimum Gasteiger partial charge on any atom is -0.449 e. The molecule has 3 rings (SSSR count). The van der Waals surface area contributed by atoms with E-state index in [0.717, 1.165) is 27.6 Å². The van der Waals surface area contributed by atoms with E-state index in [1.165, 1.54) is 16.7 Å². The molecular formula is C18H16BrNO3S2. The van der Waals surface area contributed by atoms with Crippen LogP contribution in [0.3, 0.4) is 0 Å². The zero-order valence-electron chi connectivity index (χ0n) is 13.7. The van der Waals surface area contributed by atoms with Crippen LogP contribution < -0.4 is 0 Å². The maximum Gasteiger partial charge on any atom is 0.293 e. The largest absolute Gasteiger partial charge is 0.449 e. The number of furan rings is 1.